The predicted octanol–water partition coefficient (Wildman–Crippen LogP) is 3.26. The van der Waals surface area contributed by atoms with Crippen molar-refractivity contribution in [2.24, 2.45) is 11.3 Å². The van der Waals surface area contributed by atoms with E-state index in [4.69, 9.17) is 4.74 Å². The molecular weight excluding hydrogens is 200 g/mol. The van der Waals surface area contributed by atoms with Crippen molar-refractivity contribution in [3.05, 3.63) is 36.0 Å². The summed E-state index contributed by atoms with van der Waals surface area (Å²) >= 11 is 0. The normalized spacial score (nSPS) is 20.2. The Labute approximate surface area is 97.7 Å². The highest BCUT2D eigenvalue weighted by Gasteiger charge is 2.18. The van der Waals surface area contributed by atoms with Crippen molar-refractivity contribution in [3.8, 4) is 0 Å². The predicted molar refractivity (Wildman–Crippen MR) is 65.9 cm³/mol. The molecule has 0 aromatic heterocycles. The molecule has 88 valence electrons. The summed E-state index contributed by atoms with van der Waals surface area (Å²) in [4.78, 5) is 11.6. The average Bonchev–Trinajstić information content (AvgIpc) is 2.41. The fraction of sp³-hybridized carbons (Fsp3) is 0.500. The number of carbonyl (C=O) groups excluding carboxylic acids is 1. The zero-order valence-electron chi connectivity index (χ0n) is 10.5. The second kappa shape index (κ2) is 5.15. The standard InChI is InChI=1S/C14H20O2/c1-5-16-13(15)11-7-6-8-12(10-9-11)14(2,3)4/h6-11H,5H2,1-4H3. The number of carbonyl (C=O) groups is 1. The molecule has 1 rings (SSSR count). The van der Waals surface area contributed by atoms with Crippen molar-refractivity contribution < 1.29 is 9.53 Å². The van der Waals surface area contributed by atoms with Gasteiger partial charge in [0.1, 0.15) is 0 Å². The van der Waals surface area contributed by atoms with Crippen LogP contribution in [0.3, 0.4) is 0 Å². The third-order valence-electron chi connectivity index (χ3n) is 2.50. The highest BCUT2D eigenvalue weighted by molar-refractivity contribution is 5.77. The number of rotatable bonds is 2. The fourth-order valence-electron chi connectivity index (χ4n) is 1.50. The quantitative estimate of drug-likeness (QED) is 0.668. The molecule has 0 aliphatic heterocycles. The lowest BCUT2D eigenvalue weighted by molar-refractivity contribution is -0.144. The molecule has 1 unspecified atom stereocenters. The topological polar surface area (TPSA) is 26.3 Å². The zero-order chi connectivity index (χ0) is 12.2. The molecule has 0 N–H and O–H groups in total. The van der Waals surface area contributed by atoms with E-state index < -0.39 is 0 Å². The van der Waals surface area contributed by atoms with Gasteiger partial charge in [-0.05, 0) is 17.9 Å². The van der Waals surface area contributed by atoms with Crippen LogP contribution in [0.5, 0.6) is 0 Å². The SMILES string of the molecule is CCOC(=O)C1C=CC=C(C(C)(C)C)C=C1. The second-order valence-electron chi connectivity index (χ2n) is 4.89. The van der Waals surface area contributed by atoms with Crippen molar-refractivity contribution >= 4 is 5.97 Å². The monoisotopic (exact) mass is 220 g/mol. The third kappa shape index (κ3) is 3.37. The van der Waals surface area contributed by atoms with Gasteiger partial charge in [-0.25, -0.2) is 0 Å². The van der Waals surface area contributed by atoms with Gasteiger partial charge in [0.05, 0.1) is 12.5 Å². The van der Waals surface area contributed by atoms with Crippen LogP contribution in [-0.2, 0) is 9.53 Å². The Morgan fingerprint density at radius 1 is 1.38 bits per heavy atom. The Morgan fingerprint density at radius 2 is 2.06 bits per heavy atom. The van der Waals surface area contributed by atoms with Gasteiger partial charge in [-0.15, -0.1) is 0 Å². The molecule has 16 heavy (non-hydrogen) atoms. The minimum atomic E-state index is -0.254. The van der Waals surface area contributed by atoms with Gasteiger partial charge in [-0.2, -0.15) is 0 Å². The summed E-state index contributed by atoms with van der Waals surface area (Å²) in [7, 11) is 0. The van der Waals surface area contributed by atoms with E-state index >= 15 is 0 Å². The molecule has 2 heteroatoms. The molecule has 0 radical (unpaired) electrons. The van der Waals surface area contributed by atoms with E-state index in [2.05, 4.69) is 26.8 Å². The van der Waals surface area contributed by atoms with Gasteiger partial charge >= 0.3 is 5.97 Å². The third-order valence-corrected chi connectivity index (χ3v) is 2.50. The Morgan fingerprint density at radius 3 is 2.62 bits per heavy atom. The first kappa shape index (κ1) is 12.8. The number of hydrogen-bond donors (Lipinski definition) is 0. The molecule has 0 aromatic rings. The highest BCUT2D eigenvalue weighted by atomic mass is 16.5. The lowest BCUT2D eigenvalue weighted by atomic mass is 9.86. The molecule has 0 amide bonds. The van der Waals surface area contributed by atoms with Gasteiger partial charge in [-0.3, -0.25) is 4.79 Å². The Kier molecular flexibility index (Phi) is 4.11. The minimum Gasteiger partial charge on any atom is -0.465 e. The van der Waals surface area contributed by atoms with Gasteiger partial charge in [0, 0.05) is 0 Å². The molecular formula is C14H20O2. The molecule has 0 saturated carbocycles. The summed E-state index contributed by atoms with van der Waals surface area (Å²) in [6, 6.07) is 0. The molecule has 1 aliphatic carbocycles. The van der Waals surface area contributed by atoms with E-state index in [9.17, 15) is 4.79 Å². The van der Waals surface area contributed by atoms with Gasteiger partial charge < -0.3 is 4.74 Å². The van der Waals surface area contributed by atoms with Crippen LogP contribution in [0.25, 0.3) is 0 Å². The zero-order valence-corrected chi connectivity index (χ0v) is 10.5. The molecule has 2 nitrogen and oxygen atoms in total. The van der Waals surface area contributed by atoms with Gasteiger partial charge in [0.15, 0.2) is 0 Å². The van der Waals surface area contributed by atoms with E-state index in [1.165, 1.54) is 5.57 Å². The van der Waals surface area contributed by atoms with Crippen LogP contribution in [0.2, 0.25) is 0 Å². The van der Waals surface area contributed by atoms with Crippen LogP contribution in [0.4, 0.5) is 0 Å². The maximum absolute atomic E-state index is 11.6. The maximum Gasteiger partial charge on any atom is 0.316 e. The molecule has 0 spiro atoms. The summed E-state index contributed by atoms with van der Waals surface area (Å²) < 4.78 is 4.99. The first-order valence-corrected chi connectivity index (χ1v) is 5.69. The first-order chi connectivity index (χ1) is 7.45. The Hall–Kier alpha value is -1.31. The number of esters is 1. The number of allylic oxidation sites excluding steroid dienone is 4. The average molecular weight is 220 g/mol. The fourth-order valence-corrected chi connectivity index (χ4v) is 1.50. The van der Waals surface area contributed by atoms with Gasteiger partial charge in [0.2, 0.25) is 0 Å². The van der Waals surface area contributed by atoms with E-state index in [-0.39, 0.29) is 17.3 Å². The summed E-state index contributed by atoms with van der Waals surface area (Å²) in [5.41, 5.74) is 1.32. The second-order valence-corrected chi connectivity index (χ2v) is 4.89. The van der Waals surface area contributed by atoms with Crippen LogP contribution in [0.1, 0.15) is 27.7 Å². The molecule has 0 heterocycles. The lowest BCUT2D eigenvalue weighted by Crippen LogP contribution is -2.13. The molecule has 1 aliphatic rings. The van der Waals surface area contributed by atoms with Crippen molar-refractivity contribution in [2.45, 2.75) is 27.7 Å². The Bertz CT molecular complexity index is 340. The van der Waals surface area contributed by atoms with Crippen LogP contribution in [0.15, 0.2) is 36.0 Å². The van der Waals surface area contributed by atoms with Crippen molar-refractivity contribution in [1.82, 2.24) is 0 Å². The van der Waals surface area contributed by atoms with Crippen molar-refractivity contribution in [3.63, 3.8) is 0 Å². The smallest absolute Gasteiger partial charge is 0.316 e. The summed E-state index contributed by atoms with van der Waals surface area (Å²) in [6.07, 6.45) is 9.77. The Balaban J connectivity index is 2.78. The molecule has 0 saturated heterocycles. The maximum atomic E-state index is 11.6. The van der Waals surface area contributed by atoms with E-state index in [0.29, 0.717) is 6.61 Å². The summed E-state index contributed by atoms with van der Waals surface area (Å²) in [5, 5.41) is 0. The molecule has 0 fully saturated rings. The summed E-state index contributed by atoms with van der Waals surface area (Å²) in [5.74, 6) is -0.436. The minimum absolute atomic E-state index is 0.102. The van der Waals surface area contributed by atoms with Crippen LogP contribution in [-0.4, -0.2) is 12.6 Å². The van der Waals surface area contributed by atoms with Crippen LogP contribution >= 0.6 is 0 Å². The van der Waals surface area contributed by atoms with Gasteiger partial charge in [0.25, 0.3) is 0 Å². The van der Waals surface area contributed by atoms with E-state index in [1.807, 2.05) is 31.2 Å². The number of ether oxygens (including phenoxy) is 1. The lowest BCUT2D eigenvalue weighted by Gasteiger charge is -2.19. The van der Waals surface area contributed by atoms with Gasteiger partial charge in [-0.1, -0.05) is 51.2 Å². The highest BCUT2D eigenvalue weighted by Crippen LogP contribution is 2.28. The first-order valence-electron chi connectivity index (χ1n) is 5.69. The summed E-state index contributed by atoms with van der Waals surface area (Å²) in [6.45, 7) is 8.71. The molecule has 0 aromatic carbocycles. The van der Waals surface area contributed by atoms with Crippen molar-refractivity contribution in [1.29, 1.82) is 0 Å². The van der Waals surface area contributed by atoms with E-state index in [1.54, 1.807) is 0 Å². The van der Waals surface area contributed by atoms with E-state index in [0.717, 1.165) is 0 Å². The van der Waals surface area contributed by atoms with Crippen molar-refractivity contribution in [2.75, 3.05) is 6.61 Å². The van der Waals surface area contributed by atoms with Crippen LogP contribution < -0.4 is 0 Å². The molecule has 0 bridgehead atoms. The number of hydrogen-bond acceptors (Lipinski definition) is 2. The van der Waals surface area contributed by atoms with Crippen LogP contribution in [0, 0.1) is 11.3 Å². The molecule has 1 atom stereocenters. The largest absolute Gasteiger partial charge is 0.465 e.